The third-order valence-corrected chi connectivity index (χ3v) is 4.89. The van der Waals surface area contributed by atoms with Gasteiger partial charge in [0.05, 0.1) is 19.4 Å². The molecule has 1 aliphatic heterocycles. The van der Waals surface area contributed by atoms with E-state index in [1.165, 1.54) is 5.56 Å². The van der Waals surface area contributed by atoms with Crippen molar-refractivity contribution in [2.24, 2.45) is 10.9 Å². The summed E-state index contributed by atoms with van der Waals surface area (Å²) in [5.74, 6) is 0.331. The number of piperidine rings is 1. The number of aliphatic carboxylic acids is 1. The normalized spacial score (nSPS) is 17.0. The van der Waals surface area contributed by atoms with E-state index in [2.05, 4.69) is 42.8 Å². The fraction of sp³-hybridized carbons (Fsp3) is 0.455. The van der Waals surface area contributed by atoms with Crippen LogP contribution in [0.4, 0.5) is 0 Å². The summed E-state index contributed by atoms with van der Waals surface area (Å²) in [6, 6.07) is 8.39. The lowest BCUT2D eigenvalue weighted by Crippen LogP contribution is -2.38. The highest BCUT2D eigenvalue weighted by molar-refractivity contribution is 5.99. The Morgan fingerprint density at radius 3 is 2.78 bits per heavy atom. The van der Waals surface area contributed by atoms with Crippen LogP contribution in [0.25, 0.3) is 0 Å². The molecule has 0 saturated carbocycles. The summed E-state index contributed by atoms with van der Waals surface area (Å²) in [4.78, 5) is 17.3. The molecule has 1 aromatic carbocycles. The average molecular weight is 370 g/mol. The van der Waals surface area contributed by atoms with E-state index in [1.54, 1.807) is 12.3 Å². The number of allylic oxidation sites excluding steroid dienone is 1. The molecule has 1 N–H and O–H groups in total. The number of hydrogen-bond acceptors (Lipinski definition) is 4. The zero-order valence-corrected chi connectivity index (χ0v) is 16.4. The van der Waals surface area contributed by atoms with Crippen molar-refractivity contribution in [1.82, 2.24) is 4.90 Å². The van der Waals surface area contributed by atoms with E-state index in [9.17, 15) is 4.79 Å². The standard InChI is InChI=1S/C22H30N2O3/c1-4-18-7-6-8-20(13-18)17(3)23-14-21(5-2)27-16-19-9-11-24(12-10-19)15-22(25)26/h5-8,13-14,19H,2,4,9-12,15-16H2,1,3H3,(H,25,26)/b21-14+,23-17?. The number of rotatable bonds is 9. The van der Waals surface area contributed by atoms with Gasteiger partial charge in [-0.2, -0.15) is 0 Å². The van der Waals surface area contributed by atoms with E-state index >= 15 is 0 Å². The smallest absolute Gasteiger partial charge is 0.317 e. The van der Waals surface area contributed by atoms with Crippen molar-refractivity contribution in [2.75, 3.05) is 26.2 Å². The lowest BCUT2D eigenvalue weighted by Gasteiger charge is -2.30. The van der Waals surface area contributed by atoms with E-state index in [1.807, 2.05) is 11.8 Å². The molecule has 0 aliphatic carbocycles. The van der Waals surface area contributed by atoms with E-state index < -0.39 is 5.97 Å². The van der Waals surface area contributed by atoms with E-state index in [4.69, 9.17) is 9.84 Å². The minimum atomic E-state index is -0.765. The summed E-state index contributed by atoms with van der Waals surface area (Å²) in [6.07, 6.45) is 6.30. The lowest BCUT2D eigenvalue weighted by molar-refractivity contribution is -0.138. The fourth-order valence-electron chi connectivity index (χ4n) is 3.12. The zero-order valence-electron chi connectivity index (χ0n) is 16.4. The minimum absolute atomic E-state index is 0.124. The van der Waals surface area contributed by atoms with Gasteiger partial charge in [-0.3, -0.25) is 14.7 Å². The first kappa shape index (κ1) is 20.9. The average Bonchev–Trinajstić information content (AvgIpc) is 2.68. The molecule has 0 unspecified atom stereocenters. The first-order valence-corrected chi connectivity index (χ1v) is 9.55. The van der Waals surface area contributed by atoms with Gasteiger partial charge in [0.2, 0.25) is 0 Å². The summed E-state index contributed by atoms with van der Waals surface area (Å²) >= 11 is 0. The molecular weight excluding hydrogens is 340 g/mol. The Balaban J connectivity index is 1.87. The molecule has 0 atom stereocenters. The SMILES string of the molecule is C=C/C(=C\N=C(C)c1cccc(CC)c1)OCC1CCN(CC(=O)O)CC1. The monoisotopic (exact) mass is 370 g/mol. The Morgan fingerprint density at radius 2 is 2.15 bits per heavy atom. The molecule has 0 bridgehead atoms. The molecule has 0 amide bonds. The topological polar surface area (TPSA) is 62.1 Å². The number of carboxylic acid groups (broad SMARTS) is 1. The molecule has 0 spiro atoms. The maximum absolute atomic E-state index is 10.8. The van der Waals surface area contributed by atoms with Crippen LogP contribution < -0.4 is 0 Å². The number of carboxylic acids is 1. The van der Waals surface area contributed by atoms with Crippen molar-refractivity contribution in [3.8, 4) is 0 Å². The number of aliphatic imine (C=N–C) groups is 1. The number of likely N-dealkylation sites (tertiary alicyclic amines) is 1. The molecule has 1 aliphatic rings. The summed E-state index contributed by atoms with van der Waals surface area (Å²) in [5, 5.41) is 8.86. The Bertz CT molecular complexity index is 701. The zero-order chi connectivity index (χ0) is 19.6. The molecule has 27 heavy (non-hydrogen) atoms. The first-order valence-electron chi connectivity index (χ1n) is 9.55. The predicted octanol–water partition coefficient (Wildman–Crippen LogP) is 3.90. The van der Waals surface area contributed by atoms with Gasteiger partial charge < -0.3 is 9.84 Å². The van der Waals surface area contributed by atoms with Gasteiger partial charge in [0, 0.05) is 5.71 Å². The number of ether oxygens (including phenoxy) is 1. The number of nitrogens with zero attached hydrogens (tertiary/aromatic N) is 2. The van der Waals surface area contributed by atoms with Crippen molar-refractivity contribution >= 4 is 11.7 Å². The van der Waals surface area contributed by atoms with Gasteiger partial charge in [-0.05, 0) is 68.5 Å². The van der Waals surface area contributed by atoms with Crippen LogP contribution >= 0.6 is 0 Å². The highest BCUT2D eigenvalue weighted by atomic mass is 16.5. The van der Waals surface area contributed by atoms with Crippen molar-refractivity contribution in [3.05, 3.63) is 60.0 Å². The number of benzene rings is 1. The molecule has 1 saturated heterocycles. The molecule has 1 aromatic rings. The predicted molar refractivity (Wildman–Crippen MR) is 109 cm³/mol. The van der Waals surface area contributed by atoms with E-state index in [-0.39, 0.29) is 6.54 Å². The van der Waals surface area contributed by atoms with Gasteiger partial charge >= 0.3 is 5.97 Å². The van der Waals surface area contributed by atoms with Crippen LogP contribution in [0.2, 0.25) is 0 Å². The summed E-state index contributed by atoms with van der Waals surface area (Å²) in [5.41, 5.74) is 3.34. The molecule has 2 rings (SSSR count). The van der Waals surface area contributed by atoms with Crippen LogP contribution in [0, 0.1) is 5.92 Å². The minimum Gasteiger partial charge on any atom is -0.492 e. The lowest BCUT2D eigenvalue weighted by atomic mass is 9.98. The summed E-state index contributed by atoms with van der Waals surface area (Å²) < 4.78 is 5.88. The second-order valence-corrected chi connectivity index (χ2v) is 6.93. The largest absolute Gasteiger partial charge is 0.492 e. The van der Waals surface area contributed by atoms with Gasteiger partial charge in [-0.1, -0.05) is 31.7 Å². The molecule has 5 nitrogen and oxygen atoms in total. The summed E-state index contributed by atoms with van der Waals surface area (Å²) in [7, 11) is 0. The van der Waals surface area contributed by atoms with Crippen molar-refractivity contribution in [1.29, 1.82) is 0 Å². The van der Waals surface area contributed by atoms with Gasteiger partial charge in [0.15, 0.2) is 0 Å². The molecule has 5 heteroatoms. The molecule has 146 valence electrons. The Hall–Kier alpha value is -2.40. The van der Waals surface area contributed by atoms with Crippen LogP contribution in [-0.2, 0) is 16.0 Å². The van der Waals surface area contributed by atoms with Gasteiger partial charge in [0.1, 0.15) is 5.76 Å². The van der Waals surface area contributed by atoms with Gasteiger partial charge in [-0.25, -0.2) is 0 Å². The third kappa shape index (κ3) is 7.02. The van der Waals surface area contributed by atoms with E-state index in [0.29, 0.717) is 18.3 Å². The molecule has 0 radical (unpaired) electrons. The quantitative estimate of drug-likeness (QED) is 0.407. The van der Waals surface area contributed by atoms with E-state index in [0.717, 1.165) is 43.6 Å². The van der Waals surface area contributed by atoms with Gasteiger partial charge in [0.25, 0.3) is 0 Å². The van der Waals surface area contributed by atoms with Crippen molar-refractivity contribution in [2.45, 2.75) is 33.1 Å². The highest BCUT2D eigenvalue weighted by Gasteiger charge is 2.21. The maximum Gasteiger partial charge on any atom is 0.317 e. The van der Waals surface area contributed by atoms with Crippen LogP contribution in [0.3, 0.4) is 0 Å². The van der Waals surface area contributed by atoms with Crippen LogP contribution in [-0.4, -0.2) is 47.9 Å². The van der Waals surface area contributed by atoms with Crippen LogP contribution in [0.5, 0.6) is 0 Å². The Morgan fingerprint density at radius 1 is 1.41 bits per heavy atom. The van der Waals surface area contributed by atoms with Crippen molar-refractivity contribution in [3.63, 3.8) is 0 Å². The second kappa shape index (κ2) is 10.7. The molecule has 0 aromatic heterocycles. The summed E-state index contributed by atoms with van der Waals surface area (Å²) in [6.45, 7) is 10.3. The maximum atomic E-state index is 10.8. The third-order valence-electron chi connectivity index (χ3n) is 4.89. The van der Waals surface area contributed by atoms with Crippen LogP contribution in [0.15, 0.2) is 53.9 Å². The number of aryl methyl sites for hydroxylation is 1. The molecule has 1 fully saturated rings. The first-order chi connectivity index (χ1) is 13.0. The second-order valence-electron chi connectivity index (χ2n) is 6.93. The molecule has 1 heterocycles. The Labute approximate surface area is 162 Å². The van der Waals surface area contributed by atoms with Gasteiger partial charge in [-0.15, -0.1) is 0 Å². The molecular formula is C22H30N2O3. The highest BCUT2D eigenvalue weighted by Crippen LogP contribution is 2.18. The van der Waals surface area contributed by atoms with Crippen molar-refractivity contribution < 1.29 is 14.6 Å². The number of carbonyl (C=O) groups is 1. The Kier molecular flexibility index (Phi) is 8.27. The van der Waals surface area contributed by atoms with Crippen LogP contribution in [0.1, 0.15) is 37.8 Å². The number of hydrogen-bond donors (Lipinski definition) is 1. The fourth-order valence-corrected chi connectivity index (χ4v) is 3.12.